The normalized spacial score (nSPS) is 12.5. The highest BCUT2D eigenvalue weighted by molar-refractivity contribution is 14.1. The summed E-state index contributed by atoms with van der Waals surface area (Å²) in [6.07, 6.45) is 3.69. The Morgan fingerprint density at radius 2 is 2.00 bits per heavy atom. The highest BCUT2D eigenvalue weighted by atomic mass is 127. The second-order valence-corrected chi connectivity index (χ2v) is 6.79. The van der Waals surface area contributed by atoms with E-state index in [4.69, 9.17) is 5.84 Å². The molecule has 3 N–H and O–H groups in total. The second kappa shape index (κ2) is 6.39. The van der Waals surface area contributed by atoms with E-state index in [0.29, 0.717) is 0 Å². The number of nitrogens with two attached hydrogens (primary N) is 1. The molecule has 2 aromatic carbocycles. The number of fused-ring (bicyclic) bond motifs is 1. The maximum absolute atomic E-state index is 5.86. The number of halogens is 2. The second-order valence-electron chi connectivity index (χ2n) is 4.71. The van der Waals surface area contributed by atoms with Gasteiger partial charge < -0.3 is 0 Å². The summed E-state index contributed by atoms with van der Waals surface area (Å²) in [5.41, 5.74) is 5.21. The van der Waals surface area contributed by atoms with Crippen LogP contribution in [0.4, 0.5) is 0 Å². The molecule has 0 spiro atoms. The van der Waals surface area contributed by atoms with Crippen LogP contribution in [0.3, 0.4) is 0 Å². The van der Waals surface area contributed by atoms with Gasteiger partial charge in [-0.25, -0.2) is 5.43 Å². The average Bonchev–Trinajstić information content (AvgIpc) is 2.51. The third kappa shape index (κ3) is 2.96. The van der Waals surface area contributed by atoms with Gasteiger partial charge in [0.15, 0.2) is 0 Å². The third-order valence-corrected chi connectivity index (χ3v) is 4.94. The Balaban J connectivity index is 2.21. The van der Waals surface area contributed by atoms with Crippen LogP contribution < -0.4 is 11.3 Å². The van der Waals surface area contributed by atoms with Crippen molar-refractivity contribution in [2.24, 2.45) is 5.84 Å². The number of hydrogen-bond acceptors (Lipinski definition) is 3. The average molecular weight is 454 g/mol. The number of benzene rings is 2. The van der Waals surface area contributed by atoms with Crippen molar-refractivity contribution in [1.29, 1.82) is 0 Å². The fourth-order valence-corrected chi connectivity index (χ4v) is 3.50. The molecule has 21 heavy (non-hydrogen) atoms. The summed E-state index contributed by atoms with van der Waals surface area (Å²) in [5.74, 6) is 5.86. The number of rotatable bonds is 3. The molecule has 5 heteroatoms. The maximum atomic E-state index is 5.86. The van der Waals surface area contributed by atoms with Gasteiger partial charge in [0.1, 0.15) is 0 Å². The summed E-state index contributed by atoms with van der Waals surface area (Å²) in [7, 11) is 0. The van der Waals surface area contributed by atoms with E-state index in [2.05, 4.69) is 73.2 Å². The number of hydrogen-bond donors (Lipinski definition) is 2. The van der Waals surface area contributed by atoms with E-state index in [1.54, 1.807) is 6.20 Å². The van der Waals surface area contributed by atoms with Crippen molar-refractivity contribution in [3.05, 3.63) is 74.0 Å². The molecular formula is C16H13BrIN3. The van der Waals surface area contributed by atoms with Crippen LogP contribution in [0.1, 0.15) is 17.2 Å². The van der Waals surface area contributed by atoms with Crippen LogP contribution in [0, 0.1) is 3.57 Å². The molecule has 3 aromatic rings. The van der Waals surface area contributed by atoms with Gasteiger partial charge in [-0.3, -0.25) is 10.8 Å². The highest BCUT2D eigenvalue weighted by Crippen LogP contribution is 2.32. The van der Waals surface area contributed by atoms with E-state index >= 15 is 0 Å². The lowest BCUT2D eigenvalue weighted by molar-refractivity contribution is 0.638. The Hall–Kier alpha value is -1.02. The number of aromatic nitrogens is 1. The van der Waals surface area contributed by atoms with Crippen LogP contribution in [0.5, 0.6) is 0 Å². The molecule has 106 valence electrons. The van der Waals surface area contributed by atoms with Gasteiger partial charge in [0.05, 0.1) is 6.04 Å². The molecule has 0 aliphatic heterocycles. The van der Waals surface area contributed by atoms with Gasteiger partial charge in [0.25, 0.3) is 0 Å². The van der Waals surface area contributed by atoms with Gasteiger partial charge in [-0.15, -0.1) is 0 Å². The third-order valence-electron chi connectivity index (χ3n) is 3.46. The molecule has 0 radical (unpaired) electrons. The zero-order chi connectivity index (χ0) is 14.8. The minimum atomic E-state index is -0.0812. The summed E-state index contributed by atoms with van der Waals surface area (Å²) < 4.78 is 2.20. The van der Waals surface area contributed by atoms with Crippen LogP contribution >= 0.6 is 38.5 Å². The molecule has 1 aromatic heterocycles. The quantitative estimate of drug-likeness (QED) is 0.355. The molecule has 0 fully saturated rings. The van der Waals surface area contributed by atoms with Gasteiger partial charge >= 0.3 is 0 Å². The van der Waals surface area contributed by atoms with E-state index in [1.807, 2.05) is 24.4 Å². The van der Waals surface area contributed by atoms with Crippen molar-refractivity contribution >= 4 is 49.3 Å². The molecule has 1 atom stereocenters. The Morgan fingerprint density at radius 3 is 2.81 bits per heavy atom. The number of pyridine rings is 1. The topological polar surface area (TPSA) is 50.9 Å². The van der Waals surface area contributed by atoms with E-state index in [1.165, 1.54) is 3.57 Å². The summed E-state index contributed by atoms with van der Waals surface area (Å²) in [4.78, 5) is 4.24. The molecule has 0 aliphatic carbocycles. The molecule has 0 saturated heterocycles. The lowest BCUT2D eigenvalue weighted by Crippen LogP contribution is -2.29. The minimum Gasteiger partial charge on any atom is -0.271 e. The van der Waals surface area contributed by atoms with Gasteiger partial charge in [-0.05, 0) is 63.4 Å². The van der Waals surface area contributed by atoms with E-state index in [-0.39, 0.29) is 6.04 Å². The fourth-order valence-electron chi connectivity index (χ4n) is 2.47. The van der Waals surface area contributed by atoms with Gasteiger partial charge in [0.2, 0.25) is 0 Å². The van der Waals surface area contributed by atoms with E-state index in [9.17, 15) is 0 Å². The van der Waals surface area contributed by atoms with Crippen molar-refractivity contribution in [1.82, 2.24) is 10.4 Å². The van der Waals surface area contributed by atoms with Crippen molar-refractivity contribution in [3.8, 4) is 0 Å². The standard InChI is InChI=1S/C16H13BrIN3/c17-11-4-5-15(18)13(8-11)16(21-19)12-3-1-2-10-6-7-20-9-14(10)12/h1-9,16,21H,19H2. The zero-order valence-corrected chi connectivity index (χ0v) is 14.8. The van der Waals surface area contributed by atoms with Gasteiger partial charge in [0, 0.05) is 25.8 Å². The highest BCUT2D eigenvalue weighted by Gasteiger charge is 2.18. The van der Waals surface area contributed by atoms with Crippen LogP contribution in [0.15, 0.2) is 59.3 Å². The molecule has 3 rings (SSSR count). The number of nitrogens with one attached hydrogen (secondary N) is 1. The Labute approximate surface area is 145 Å². The summed E-state index contributed by atoms with van der Waals surface area (Å²) in [6, 6.07) is 14.4. The van der Waals surface area contributed by atoms with Crippen molar-refractivity contribution in [2.45, 2.75) is 6.04 Å². The Bertz CT molecular complexity index is 786. The summed E-state index contributed by atoms with van der Waals surface area (Å²) >= 11 is 5.87. The lowest BCUT2D eigenvalue weighted by Gasteiger charge is -2.20. The summed E-state index contributed by atoms with van der Waals surface area (Å²) in [6.45, 7) is 0. The van der Waals surface area contributed by atoms with Crippen molar-refractivity contribution < 1.29 is 0 Å². The minimum absolute atomic E-state index is 0.0812. The largest absolute Gasteiger partial charge is 0.271 e. The van der Waals surface area contributed by atoms with Crippen molar-refractivity contribution in [3.63, 3.8) is 0 Å². The van der Waals surface area contributed by atoms with Crippen LogP contribution in [0.2, 0.25) is 0 Å². The molecule has 3 nitrogen and oxygen atoms in total. The van der Waals surface area contributed by atoms with Gasteiger partial charge in [-0.1, -0.05) is 34.1 Å². The lowest BCUT2D eigenvalue weighted by atomic mass is 9.95. The molecule has 1 heterocycles. The van der Waals surface area contributed by atoms with Gasteiger partial charge in [-0.2, -0.15) is 0 Å². The first-order chi connectivity index (χ1) is 10.2. The van der Waals surface area contributed by atoms with Crippen LogP contribution in [-0.2, 0) is 0 Å². The Morgan fingerprint density at radius 1 is 1.14 bits per heavy atom. The first-order valence-electron chi connectivity index (χ1n) is 6.44. The molecule has 0 amide bonds. The SMILES string of the molecule is NNC(c1cc(Br)ccc1I)c1cccc2ccncc12. The first kappa shape index (κ1) is 14.9. The fraction of sp³-hybridized carbons (Fsp3) is 0.0625. The predicted octanol–water partition coefficient (Wildman–Crippen LogP) is 4.15. The smallest absolute Gasteiger partial charge is 0.0727 e. The molecule has 1 unspecified atom stereocenters. The number of nitrogens with zero attached hydrogens (tertiary/aromatic N) is 1. The first-order valence-corrected chi connectivity index (χ1v) is 8.31. The van der Waals surface area contributed by atoms with Crippen LogP contribution in [0.25, 0.3) is 10.8 Å². The van der Waals surface area contributed by atoms with E-state index in [0.717, 1.165) is 26.4 Å². The summed E-state index contributed by atoms with van der Waals surface area (Å²) in [5, 5.41) is 2.27. The maximum Gasteiger partial charge on any atom is 0.0727 e. The van der Waals surface area contributed by atoms with E-state index < -0.39 is 0 Å². The number of hydrazine groups is 1. The predicted molar refractivity (Wildman–Crippen MR) is 97.8 cm³/mol. The molecule has 0 saturated carbocycles. The van der Waals surface area contributed by atoms with Crippen LogP contribution in [-0.4, -0.2) is 4.98 Å². The molecule has 0 bridgehead atoms. The van der Waals surface area contributed by atoms with Crippen molar-refractivity contribution in [2.75, 3.05) is 0 Å². The molecular weight excluding hydrogens is 441 g/mol. The zero-order valence-electron chi connectivity index (χ0n) is 11.1. The Kier molecular flexibility index (Phi) is 4.54. The molecule has 0 aliphatic rings. The monoisotopic (exact) mass is 453 g/mol.